The van der Waals surface area contributed by atoms with Gasteiger partial charge in [-0.25, -0.2) is 13.1 Å². The van der Waals surface area contributed by atoms with E-state index in [0.717, 1.165) is 11.3 Å². The average Bonchev–Trinajstić information content (AvgIpc) is 2.58. The number of hydrogen-bond donors (Lipinski definition) is 1. The van der Waals surface area contributed by atoms with Crippen molar-refractivity contribution < 1.29 is 17.9 Å². The van der Waals surface area contributed by atoms with Crippen LogP contribution in [0.4, 0.5) is 5.69 Å². The molecule has 26 heavy (non-hydrogen) atoms. The lowest BCUT2D eigenvalue weighted by atomic mass is 10.2. The zero-order valence-corrected chi connectivity index (χ0v) is 16.4. The van der Waals surface area contributed by atoms with Crippen molar-refractivity contribution in [3.05, 3.63) is 53.1 Å². The Morgan fingerprint density at radius 2 is 1.96 bits per heavy atom. The van der Waals surface area contributed by atoms with Crippen LogP contribution < -0.4 is 14.4 Å². The minimum absolute atomic E-state index is 0.0440. The van der Waals surface area contributed by atoms with Crippen molar-refractivity contribution in [3.8, 4) is 5.75 Å². The van der Waals surface area contributed by atoms with Gasteiger partial charge in [0.25, 0.3) is 0 Å². The maximum absolute atomic E-state index is 12.6. The van der Waals surface area contributed by atoms with Crippen LogP contribution in [-0.4, -0.2) is 34.5 Å². The van der Waals surface area contributed by atoms with Crippen LogP contribution in [-0.2, 0) is 14.8 Å². The quantitative estimate of drug-likeness (QED) is 0.780. The Morgan fingerprint density at radius 1 is 1.23 bits per heavy atom. The molecule has 1 amide bonds. The Hall–Kier alpha value is -2.09. The molecule has 0 aliphatic rings. The molecule has 6 nitrogen and oxygen atoms in total. The summed E-state index contributed by atoms with van der Waals surface area (Å²) in [6.07, 6.45) is 0. The normalized spacial score (nSPS) is 11.2. The van der Waals surface area contributed by atoms with Gasteiger partial charge in [-0.15, -0.1) is 0 Å². The molecule has 2 aromatic carbocycles. The molecule has 2 rings (SSSR count). The first kappa shape index (κ1) is 20.2. The van der Waals surface area contributed by atoms with E-state index in [-0.39, 0.29) is 34.7 Å². The standard InChI is InChI=1S/C18H21ClN2O4S/c1-13-5-4-6-16(11-13)21(14(2)22)10-9-20-26(23,24)18-12-15(19)7-8-17(18)25-3/h4-8,11-12,20H,9-10H2,1-3H3. The number of carbonyl (C=O) groups is 1. The first-order valence-electron chi connectivity index (χ1n) is 7.92. The van der Waals surface area contributed by atoms with E-state index in [1.54, 1.807) is 6.07 Å². The van der Waals surface area contributed by atoms with Crippen LogP contribution in [0, 0.1) is 6.92 Å². The smallest absolute Gasteiger partial charge is 0.244 e. The zero-order chi connectivity index (χ0) is 19.3. The first-order valence-corrected chi connectivity index (χ1v) is 9.78. The van der Waals surface area contributed by atoms with Crippen LogP contribution in [0.3, 0.4) is 0 Å². The number of aryl methyl sites for hydroxylation is 1. The first-order chi connectivity index (χ1) is 12.2. The number of nitrogens with one attached hydrogen (secondary N) is 1. The second kappa shape index (κ2) is 8.53. The molecule has 0 heterocycles. The summed E-state index contributed by atoms with van der Waals surface area (Å²) in [7, 11) is -2.45. The molecule has 0 aromatic heterocycles. The van der Waals surface area contributed by atoms with Crippen molar-refractivity contribution in [2.24, 2.45) is 0 Å². The number of benzene rings is 2. The van der Waals surface area contributed by atoms with Crippen LogP contribution >= 0.6 is 11.6 Å². The number of methoxy groups -OCH3 is 1. The number of anilines is 1. The highest BCUT2D eigenvalue weighted by molar-refractivity contribution is 7.89. The molecular formula is C18H21ClN2O4S. The van der Waals surface area contributed by atoms with Gasteiger partial charge in [0.2, 0.25) is 15.9 Å². The second-order valence-corrected chi connectivity index (χ2v) is 7.87. The van der Waals surface area contributed by atoms with Gasteiger partial charge < -0.3 is 9.64 Å². The average molecular weight is 397 g/mol. The minimum atomic E-state index is -3.83. The highest BCUT2D eigenvalue weighted by atomic mass is 35.5. The van der Waals surface area contributed by atoms with Crippen molar-refractivity contribution in [3.63, 3.8) is 0 Å². The van der Waals surface area contributed by atoms with Gasteiger partial charge in [0, 0.05) is 30.7 Å². The summed E-state index contributed by atoms with van der Waals surface area (Å²) in [4.78, 5) is 13.4. The molecule has 0 aliphatic heterocycles. The van der Waals surface area contributed by atoms with Gasteiger partial charge >= 0.3 is 0 Å². The number of amides is 1. The third-order valence-electron chi connectivity index (χ3n) is 3.74. The fourth-order valence-corrected chi connectivity index (χ4v) is 3.94. The molecule has 2 aromatic rings. The number of hydrogen-bond acceptors (Lipinski definition) is 4. The maximum atomic E-state index is 12.6. The molecule has 0 atom stereocenters. The van der Waals surface area contributed by atoms with Crippen LogP contribution in [0.1, 0.15) is 12.5 Å². The summed E-state index contributed by atoms with van der Waals surface area (Å²) >= 11 is 5.90. The van der Waals surface area contributed by atoms with Crippen molar-refractivity contribution in [2.75, 3.05) is 25.1 Å². The van der Waals surface area contributed by atoms with Gasteiger partial charge in [-0.1, -0.05) is 23.7 Å². The van der Waals surface area contributed by atoms with Crippen LogP contribution in [0.2, 0.25) is 5.02 Å². The van der Waals surface area contributed by atoms with Gasteiger partial charge in [0.1, 0.15) is 10.6 Å². The number of nitrogens with zero attached hydrogens (tertiary/aromatic N) is 1. The SMILES string of the molecule is COc1ccc(Cl)cc1S(=O)(=O)NCCN(C(C)=O)c1cccc(C)c1. The number of rotatable bonds is 7. The third kappa shape index (κ3) is 4.97. The summed E-state index contributed by atoms with van der Waals surface area (Å²) in [5, 5.41) is 0.288. The molecule has 0 aliphatic carbocycles. The van der Waals surface area contributed by atoms with E-state index < -0.39 is 10.0 Å². The molecule has 0 fully saturated rings. The van der Waals surface area contributed by atoms with E-state index in [9.17, 15) is 13.2 Å². The predicted octanol–water partition coefficient (Wildman–Crippen LogP) is 2.99. The lowest BCUT2D eigenvalue weighted by Crippen LogP contribution is -2.37. The molecule has 0 unspecified atom stereocenters. The summed E-state index contributed by atoms with van der Waals surface area (Å²) in [6, 6.07) is 11.8. The summed E-state index contributed by atoms with van der Waals surface area (Å²) in [5.41, 5.74) is 1.73. The third-order valence-corrected chi connectivity index (χ3v) is 5.45. The zero-order valence-electron chi connectivity index (χ0n) is 14.8. The van der Waals surface area contributed by atoms with E-state index in [1.165, 1.54) is 31.1 Å². The fourth-order valence-electron chi connectivity index (χ4n) is 2.49. The number of halogens is 1. The molecule has 0 saturated carbocycles. The lowest BCUT2D eigenvalue weighted by Gasteiger charge is -2.22. The monoisotopic (exact) mass is 396 g/mol. The topological polar surface area (TPSA) is 75.7 Å². The molecule has 8 heteroatoms. The van der Waals surface area contributed by atoms with Crippen molar-refractivity contribution in [1.82, 2.24) is 4.72 Å². The van der Waals surface area contributed by atoms with Crippen molar-refractivity contribution >= 4 is 33.2 Å². The highest BCUT2D eigenvalue weighted by Gasteiger charge is 2.20. The van der Waals surface area contributed by atoms with Gasteiger partial charge in [-0.3, -0.25) is 4.79 Å². The molecule has 140 valence electrons. The summed E-state index contributed by atoms with van der Waals surface area (Å²) in [6.45, 7) is 3.61. The Bertz CT molecular complexity index is 900. The Kier molecular flexibility index (Phi) is 6.63. The van der Waals surface area contributed by atoms with E-state index in [1.807, 2.05) is 31.2 Å². The van der Waals surface area contributed by atoms with Crippen LogP contribution in [0.25, 0.3) is 0 Å². The van der Waals surface area contributed by atoms with Crippen molar-refractivity contribution in [2.45, 2.75) is 18.7 Å². The molecule has 0 bridgehead atoms. The Morgan fingerprint density at radius 3 is 2.58 bits per heavy atom. The largest absolute Gasteiger partial charge is 0.495 e. The highest BCUT2D eigenvalue weighted by Crippen LogP contribution is 2.26. The van der Waals surface area contributed by atoms with E-state index in [4.69, 9.17) is 16.3 Å². The number of carbonyl (C=O) groups excluding carboxylic acids is 1. The molecule has 1 N–H and O–H groups in total. The van der Waals surface area contributed by atoms with E-state index >= 15 is 0 Å². The van der Waals surface area contributed by atoms with Crippen molar-refractivity contribution in [1.29, 1.82) is 0 Å². The van der Waals surface area contributed by atoms with Gasteiger partial charge in [0.05, 0.1) is 7.11 Å². The predicted molar refractivity (Wildman–Crippen MR) is 102 cm³/mol. The second-order valence-electron chi connectivity index (χ2n) is 5.70. The van der Waals surface area contributed by atoms with Gasteiger partial charge in [-0.2, -0.15) is 0 Å². The van der Waals surface area contributed by atoms with Gasteiger partial charge in [0.15, 0.2) is 0 Å². The molecule has 0 spiro atoms. The Balaban J connectivity index is 2.14. The lowest BCUT2D eigenvalue weighted by molar-refractivity contribution is -0.116. The summed E-state index contributed by atoms with van der Waals surface area (Å²) in [5.74, 6) is 0.0270. The minimum Gasteiger partial charge on any atom is -0.495 e. The molecule has 0 saturated heterocycles. The maximum Gasteiger partial charge on any atom is 0.244 e. The van der Waals surface area contributed by atoms with E-state index in [0.29, 0.717) is 0 Å². The molecular weight excluding hydrogens is 376 g/mol. The van der Waals surface area contributed by atoms with Crippen LogP contribution in [0.15, 0.2) is 47.4 Å². The van der Waals surface area contributed by atoms with Crippen LogP contribution in [0.5, 0.6) is 5.75 Å². The molecule has 0 radical (unpaired) electrons. The van der Waals surface area contributed by atoms with Gasteiger partial charge in [-0.05, 0) is 42.8 Å². The fraction of sp³-hybridized carbons (Fsp3) is 0.278. The van der Waals surface area contributed by atoms with E-state index in [2.05, 4.69) is 4.72 Å². The summed E-state index contributed by atoms with van der Waals surface area (Å²) < 4.78 is 32.7. The number of sulfonamides is 1. The number of ether oxygens (including phenoxy) is 1. The Labute approximate surface area is 158 Å².